The number of aryl methyl sites for hydroxylation is 1. The van der Waals surface area contributed by atoms with Crippen molar-refractivity contribution in [3.63, 3.8) is 0 Å². The molecule has 1 heterocycles. The molecule has 20 heavy (non-hydrogen) atoms. The number of aromatic nitrogens is 2. The predicted molar refractivity (Wildman–Crippen MR) is 90.5 cm³/mol. The van der Waals surface area contributed by atoms with E-state index < -0.39 is 0 Å². The van der Waals surface area contributed by atoms with Gasteiger partial charge in [-0.1, -0.05) is 28.9 Å². The van der Waals surface area contributed by atoms with Gasteiger partial charge in [0.15, 0.2) is 0 Å². The molecule has 0 saturated carbocycles. The Morgan fingerprint density at radius 3 is 2.50 bits per heavy atom. The highest BCUT2D eigenvalue weighted by molar-refractivity contribution is 9.10. The molecular formula is C15H19Br2N3. The van der Waals surface area contributed by atoms with E-state index in [1.54, 1.807) is 0 Å². The standard InChI is InChI=1S/C15H19Br2N3/c1-5-18-9(2)13-7-6-12(8-14(13)16)20-11(4)15(17)10(3)19-20/h6-9,18H,5H2,1-4H3. The Bertz CT molecular complexity index is 620. The van der Waals surface area contributed by atoms with Crippen LogP contribution in [0.1, 0.15) is 36.8 Å². The predicted octanol–water partition coefficient (Wildman–Crippen LogP) is 4.68. The minimum Gasteiger partial charge on any atom is -0.310 e. The molecule has 1 unspecified atom stereocenters. The van der Waals surface area contributed by atoms with Crippen LogP contribution in [0.3, 0.4) is 0 Å². The normalized spacial score (nSPS) is 12.7. The minimum atomic E-state index is 0.329. The molecule has 0 saturated heterocycles. The van der Waals surface area contributed by atoms with E-state index in [1.165, 1.54) is 5.56 Å². The Morgan fingerprint density at radius 2 is 2.00 bits per heavy atom. The fraction of sp³-hybridized carbons (Fsp3) is 0.400. The number of rotatable bonds is 4. The third kappa shape index (κ3) is 3.00. The molecule has 0 radical (unpaired) electrons. The second-order valence-electron chi connectivity index (χ2n) is 4.88. The van der Waals surface area contributed by atoms with Gasteiger partial charge in [0.05, 0.1) is 21.5 Å². The maximum atomic E-state index is 4.57. The van der Waals surface area contributed by atoms with Crippen LogP contribution in [-0.2, 0) is 0 Å². The maximum absolute atomic E-state index is 4.57. The third-order valence-corrected chi connectivity index (χ3v) is 5.24. The molecule has 0 amide bonds. The van der Waals surface area contributed by atoms with Crippen molar-refractivity contribution >= 4 is 31.9 Å². The van der Waals surface area contributed by atoms with E-state index in [2.05, 4.69) is 81.2 Å². The highest BCUT2D eigenvalue weighted by atomic mass is 79.9. The lowest BCUT2D eigenvalue weighted by Crippen LogP contribution is -2.18. The van der Waals surface area contributed by atoms with Crippen LogP contribution < -0.4 is 5.32 Å². The molecule has 0 aliphatic heterocycles. The first-order valence-corrected chi connectivity index (χ1v) is 8.29. The molecular weight excluding hydrogens is 382 g/mol. The van der Waals surface area contributed by atoms with Crippen LogP contribution in [0.15, 0.2) is 27.1 Å². The second kappa shape index (κ2) is 6.41. The zero-order valence-corrected chi connectivity index (χ0v) is 15.3. The molecule has 0 spiro atoms. The van der Waals surface area contributed by atoms with Crippen molar-refractivity contribution < 1.29 is 0 Å². The molecule has 1 aromatic carbocycles. The Balaban J connectivity index is 2.40. The zero-order valence-electron chi connectivity index (χ0n) is 12.2. The van der Waals surface area contributed by atoms with Crippen molar-refractivity contribution in [1.29, 1.82) is 0 Å². The summed E-state index contributed by atoms with van der Waals surface area (Å²) in [6.45, 7) is 9.31. The summed E-state index contributed by atoms with van der Waals surface area (Å²) in [7, 11) is 0. The first-order valence-electron chi connectivity index (χ1n) is 6.70. The molecule has 0 aliphatic carbocycles. The van der Waals surface area contributed by atoms with E-state index in [1.807, 2.05) is 11.6 Å². The van der Waals surface area contributed by atoms with Crippen LogP contribution in [0.25, 0.3) is 5.69 Å². The van der Waals surface area contributed by atoms with Crippen LogP contribution in [0.5, 0.6) is 0 Å². The Morgan fingerprint density at radius 1 is 1.30 bits per heavy atom. The average Bonchev–Trinajstić information content (AvgIpc) is 2.66. The van der Waals surface area contributed by atoms with Gasteiger partial charge in [-0.05, 0) is 60.9 Å². The lowest BCUT2D eigenvalue weighted by atomic mass is 10.1. The van der Waals surface area contributed by atoms with E-state index in [0.717, 1.165) is 32.6 Å². The van der Waals surface area contributed by atoms with E-state index in [-0.39, 0.29) is 0 Å². The maximum Gasteiger partial charge on any atom is 0.0743 e. The summed E-state index contributed by atoms with van der Waals surface area (Å²) in [6, 6.07) is 6.71. The van der Waals surface area contributed by atoms with Crippen molar-refractivity contribution in [2.75, 3.05) is 6.54 Å². The number of hydrogen-bond donors (Lipinski definition) is 1. The largest absolute Gasteiger partial charge is 0.310 e. The summed E-state index contributed by atoms with van der Waals surface area (Å²) in [6.07, 6.45) is 0. The van der Waals surface area contributed by atoms with Crippen LogP contribution in [0.4, 0.5) is 0 Å². The number of halogens is 2. The van der Waals surface area contributed by atoms with Crippen LogP contribution in [0.2, 0.25) is 0 Å². The smallest absolute Gasteiger partial charge is 0.0743 e. The summed E-state index contributed by atoms with van der Waals surface area (Å²) in [4.78, 5) is 0. The monoisotopic (exact) mass is 399 g/mol. The number of hydrogen-bond acceptors (Lipinski definition) is 2. The lowest BCUT2D eigenvalue weighted by Gasteiger charge is -2.16. The van der Waals surface area contributed by atoms with Crippen molar-refractivity contribution in [2.24, 2.45) is 0 Å². The van der Waals surface area contributed by atoms with Crippen molar-refractivity contribution in [3.8, 4) is 5.69 Å². The van der Waals surface area contributed by atoms with Crippen LogP contribution >= 0.6 is 31.9 Å². The summed E-state index contributed by atoms with van der Waals surface area (Å²) in [5.41, 5.74) is 4.44. The van der Waals surface area contributed by atoms with Gasteiger partial charge in [-0.2, -0.15) is 5.10 Å². The van der Waals surface area contributed by atoms with Gasteiger partial charge in [0.25, 0.3) is 0 Å². The summed E-state index contributed by atoms with van der Waals surface area (Å²) in [5, 5.41) is 7.99. The first-order chi connectivity index (χ1) is 9.45. The second-order valence-corrected chi connectivity index (χ2v) is 6.53. The molecule has 1 atom stereocenters. The van der Waals surface area contributed by atoms with Crippen LogP contribution in [0, 0.1) is 13.8 Å². The quantitative estimate of drug-likeness (QED) is 0.806. The van der Waals surface area contributed by atoms with Crippen molar-refractivity contribution in [1.82, 2.24) is 15.1 Å². The van der Waals surface area contributed by atoms with Gasteiger partial charge in [-0.25, -0.2) is 4.68 Å². The SMILES string of the molecule is CCNC(C)c1ccc(-n2nc(C)c(Br)c2C)cc1Br. The van der Waals surface area contributed by atoms with Gasteiger partial charge in [0.1, 0.15) is 0 Å². The van der Waals surface area contributed by atoms with Gasteiger partial charge >= 0.3 is 0 Å². The fourth-order valence-electron chi connectivity index (χ4n) is 2.29. The molecule has 5 heteroatoms. The van der Waals surface area contributed by atoms with Crippen LogP contribution in [-0.4, -0.2) is 16.3 Å². The van der Waals surface area contributed by atoms with E-state index >= 15 is 0 Å². The number of benzene rings is 1. The highest BCUT2D eigenvalue weighted by Gasteiger charge is 2.13. The molecule has 108 valence electrons. The van der Waals surface area contributed by atoms with Gasteiger partial charge < -0.3 is 5.32 Å². The minimum absolute atomic E-state index is 0.329. The van der Waals surface area contributed by atoms with E-state index in [4.69, 9.17) is 0 Å². The highest BCUT2D eigenvalue weighted by Crippen LogP contribution is 2.28. The van der Waals surface area contributed by atoms with Gasteiger partial charge in [-0.15, -0.1) is 0 Å². The average molecular weight is 401 g/mol. The Labute approximate surface area is 137 Å². The summed E-state index contributed by atoms with van der Waals surface area (Å²) in [5.74, 6) is 0. The number of nitrogens with one attached hydrogen (secondary N) is 1. The molecule has 0 fully saturated rings. The lowest BCUT2D eigenvalue weighted by molar-refractivity contribution is 0.596. The van der Waals surface area contributed by atoms with Gasteiger partial charge in [-0.3, -0.25) is 0 Å². The third-order valence-electron chi connectivity index (χ3n) is 3.41. The Kier molecular flexibility index (Phi) is 5.04. The molecule has 1 N–H and O–H groups in total. The van der Waals surface area contributed by atoms with Crippen molar-refractivity contribution in [3.05, 3.63) is 44.1 Å². The van der Waals surface area contributed by atoms with E-state index in [9.17, 15) is 0 Å². The molecule has 0 bridgehead atoms. The molecule has 2 aromatic rings. The molecule has 2 rings (SSSR count). The van der Waals surface area contributed by atoms with Gasteiger partial charge in [0.2, 0.25) is 0 Å². The molecule has 0 aliphatic rings. The topological polar surface area (TPSA) is 29.9 Å². The molecule has 1 aromatic heterocycles. The zero-order chi connectivity index (χ0) is 14.9. The summed E-state index contributed by atoms with van der Waals surface area (Å²) < 4.78 is 4.14. The molecule has 3 nitrogen and oxygen atoms in total. The van der Waals surface area contributed by atoms with Gasteiger partial charge in [0, 0.05) is 10.5 Å². The first kappa shape index (κ1) is 15.7. The fourth-order valence-corrected chi connectivity index (χ4v) is 3.25. The van der Waals surface area contributed by atoms with Crippen molar-refractivity contribution in [2.45, 2.75) is 33.7 Å². The van der Waals surface area contributed by atoms with E-state index in [0.29, 0.717) is 6.04 Å². The number of nitrogens with zero attached hydrogens (tertiary/aromatic N) is 2. The summed E-state index contributed by atoms with van der Waals surface area (Å²) >= 11 is 7.24. The Hall–Kier alpha value is -0.650.